The summed E-state index contributed by atoms with van der Waals surface area (Å²) in [6.07, 6.45) is -4.32. The minimum atomic E-state index is -4.32. The third-order valence-corrected chi connectivity index (χ3v) is 4.56. The summed E-state index contributed by atoms with van der Waals surface area (Å²) in [5.74, 6) is 0.625. The number of hydrogen-bond donors (Lipinski definition) is 3. The number of anilines is 2. The smallest absolute Gasteiger partial charge is 0.405 e. The van der Waals surface area contributed by atoms with Gasteiger partial charge in [-0.3, -0.25) is 5.43 Å². The van der Waals surface area contributed by atoms with Crippen LogP contribution in [0.3, 0.4) is 0 Å². The van der Waals surface area contributed by atoms with Crippen LogP contribution < -0.4 is 20.9 Å². The lowest BCUT2D eigenvalue weighted by atomic mass is 10.2. The first-order valence-corrected chi connectivity index (χ1v) is 9.12. The van der Waals surface area contributed by atoms with Gasteiger partial charge in [-0.15, -0.1) is 0 Å². The second-order valence-electron chi connectivity index (χ2n) is 5.67. The van der Waals surface area contributed by atoms with Crippen molar-refractivity contribution in [1.82, 2.24) is 10.4 Å². The highest BCUT2D eigenvalue weighted by molar-refractivity contribution is 7.22. The number of nitriles is 1. The molecular formula is C18H16F3N5OS. The minimum absolute atomic E-state index is 0.268. The summed E-state index contributed by atoms with van der Waals surface area (Å²) < 4.78 is 43.5. The monoisotopic (exact) mass is 407 g/mol. The normalized spacial score (nSPS) is 11.2. The van der Waals surface area contributed by atoms with Crippen LogP contribution in [0, 0.1) is 11.3 Å². The molecule has 0 aliphatic rings. The van der Waals surface area contributed by atoms with E-state index in [4.69, 9.17) is 4.74 Å². The topological polar surface area (TPSA) is 82.0 Å². The van der Waals surface area contributed by atoms with E-state index in [-0.39, 0.29) is 5.69 Å². The molecule has 146 valence electrons. The number of benzene rings is 2. The third kappa shape index (κ3) is 4.82. The minimum Gasteiger partial charge on any atom is -0.456 e. The molecule has 0 radical (unpaired) electrons. The van der Waals surface area contributed by atoms with Gasteiger partial charge in [0.15, 0.2) is 5.13 Å². The van der Waals surface area contributed by atoms with E-state index in [0.717, 1.165) is 0 Å². The molecule has 1 aromatic heterocycles. The molecule has 0 amide bonds. The van der Waals surface area contributed by atoms with Crippen LogP contribution in [0.1, 0.15) is 12.5 Å². The van der Waals surface area contributed by atoms with Crippen molar-refractivity contribution in [3.63, 3.8) is 0 Å². The van der Waals surface area contributed by atoms with Gasteiger partial charge in [0, 0.05) is 18.3 Å². The Labute approximate surface area is 162 Å². The van der Waals surface area contributed by atoms with Crippen LogP contribution >= 0.6 is 11.3 Å². The second-order valence-corrected chi connectivity index (χ2v) is 6.67. The van der Waals surface area contributed by atoms with E-state index >= 15 is 0 Å². The lowest BCUT2D eigenvalue weighted by Gasteiger charge is -2.12. The van der Waals surface area contributed by atoms with Crippen molar-refractivity contribution < 1.29 is 17.9 Å². The standard InChI is InChI=1S/C18H16F3N5OS/c1-2-24-26-17-25-14-6-7-15(13(9-22)16(14)28-17)27-12-5-3-4-11(8-12)23-10-18(19,20)21/h3-8,23-24H,2,10H2,1H3,(H,25,26). The highest BCUT2D eigenvalue weighted by atomic mass is 32.1. The van der Waals surface area contributed by atoms with Crippen LogP contribution in [-0.4, -0.2) is 24.2 Å². The molecule has 0 fully saturated rings. The van der Waals surface area contributed by atoms with Crippen molar-refractivity contribution in [2.45, 2.75) is 13.1 Å². The third-order valence-electron chi connectivity index (χ3n) is 3.56. The fraction of sp³-hybridized carbons (Fsp3) is 0.222. The number of nitrogens with one attached hydrogen (secondary N) is 3. The molecule has 2 aromatic carbocycles. The van der Waals surface area contributed by atoms with E-state index in [0.29, 0.717) is 39.0 Å². The summed E-state index contributed by atoms with van der Waals surface area (Å²) in [6.45, 7) is 1.49. The summed E-state index contributed by atoms with van der Waals surface area (Å²) in [6, 6.07) is 11.6. The van der Waals surface area contributed by atoms with Crippen molar-refractivity contribution in [2.24, 2.45) is 0 Å². The Morgan fingerprint density at radius 3 is 2.79 bits per heavy atom. The molecule has 0 aliphatic carbocycles. The molecule has 0 saturated heterocycles. The first kappa shape index (κ1) is 19.7. The van der Waals surface area contributed by atoms with Crippen LogP contribution in [0.5, 0.6) is 11.5 Å². The first-order chi connectivity index (χ1) is 13.4. The summed E-state index contributed by atoms with van der Waals surface area (Å²) in [4.78, 5) is 4.39. The van der Waals surface area contributed by atoms with Crippen LogP contribution in [0.25, 0.3) is 10.2 Å². The van der Waals surface area contributed by atoms with Gasteiger partial charge in [0.1, 0.15) is 29.7 Å². The van der Waals surface area contributed by atoms with Gasteiger partial charge in [-0.25, -0.2) is 10.4 Å². The van der Waals surface area contributed by atoms with E-state index in [1.807, 2.05) is 6.92 Å². The number of nitrogens with zero attached hydrogens (tertiary/aromatic N) is 2. The number of rotatable bonds is 7. The van der Waals surface area contributed by atoms with Crippen LogP contribution in [0.4, 0.5) is 24.0 Å². The van der Waals surface area contributed by atoms with E-state index < -0.39 is 12.7 Å². The average Bonchev–Trinajstić information content (AvgIpc) is 3.07. The van der Waals surface area contributed by atoms with Crippen LogP contribution in [-0.2, 0) is 0 Å². The van der Waals surface area contributed by atoms with Gasteiger partial charge in [-0.1, -0.05) is 24.3 Å². The van der Waals surface area contributed by atoms with E-state index in [1.54, 1.807) is 24.3 Å². The molecule has 6 nitrogen and oxygen atoms in total. The molecule has 3 aromatic rings. The molecule has 0 unspecified atom stereocenters. The highest BCUT2D eigenvalue weighted by Gasteiger charge is 2.26. The van der Waals surface area contributed by atoms with Crippen LogP contribution in [0.15, 0.2) is 36.4 Å². The maximum Gasteiger partial charge on any atom is 0.405 e. The van der Waals surface area contributed by atoms with Crippen molar-refractivity contribution in [1.29, 1.82) is 5.26 Å². The maximum absolute atomic E-state index is 12.4. The lowest BCUT2D eigenvalue weighted by Crippen LogP contribution is -2.21. The summed E-state index contributed by atoms with van der Waals surface area (Å²) in [5.41, 5.74) is 7.12. The van der Waals surface area contributed by atoms with Crippen molar-refractivity contribution in [2.75, 3.05) is 23.8 Å². The van der Waals surface area contributed by atoms with Crippen LogP contribution in [0.2, 0.25) is 0 Å². The van der Waals surface area contributed by atoms with Crippen molar-refractivity contribution in [3.05, 3.63) is 42.0 Å². The van der Waals surface area contributed by atoms with Gasteiger partial charge in [0.05, 0.1) is 10.2 Å². The molecule has 3 rings (SSSR count). The fourth-order valence-electron chi connectivity index (χ4n) is 2.38. The van der Waals surface area contributed by atoms with Gasteiger partial charge >= 0.3 is 6.18 Å². The molecule has 0 atom stereocenters. The predicted molar refractivity (Wildman–Crippen MR) is 103 cm³/mol. The number of fused-ring (bicyclic) bond motifs is 1. The number of alkyl halides is 3. The highest BCUT2D eigenvalue weighted by Crippen LogP contribution is 2.36. The Morgan fingerprint density at radius 2 is 2.07 bits per heavy atom. The molecule has 1 heterocycles. The molecule has 28 heavy (non-hydrogen) atoms. The number of ether oxygens (including phenoxy) is 1. The van der Waals surface area contributed by atoms with Crippen molar-refractivity contribution in [3.8, 4) is 17.6 Å². The zero-order chi connectivity index (χ0) is 20.1. The summed E-state index contributed by atoms with van der Waals surface area (Å²) >= 11 is 1.30. The molecule has 0 aliphatic heterocycles. The Kier molecular flexibility index (Phi) is 5.87. The van der Waals surface area contributed by atoms with Gasteiger partial charge in [0.25, 0.3) is 0 Å². The molecular weight excluding hydrogens is 391 g/mol. The molecule has 10 heteroatoms. The number of thiazole rings is 1. The summed E-state index contributed by atoms with van der Waals surface area (Å²) in [5, 5.41) is 12.5. The Balaban J connectivity index is 1.85. The predicted octanol–water partition coefficient (Wildman–Crippen LogP) is 4.87. The Morgan fingerprint density at radius 1 is 1.25 bits per heavy atom. The lowest BCUT2D eigenvalue weighted by molar-refractivity contribution is -0.115. The SMILES string of the molecule is CCNNc1nc2ccc(Oc3cccc(NCC(F)(F)F)c3)c(C#N)c2s1. The Hall–Kier alpha value is -3.03. The van der Waals surface area contributed by atoms with Gasteiger partial charge < -0.3 is 10.1 Å². The number of aromatic nitrogens is 1. The van der Waals surface area contributed by atoms with Gasteiger partial charge in [0.2, 0.25) is 0 Å². The van der Waals surface area contributed by atoms with Crippen molar-refractivity contribution >= 4 is 32.4 Å². The number of halogens is 3. The number of hydrazine groups is 1. The molecule has 0 bridgehead atoms. The molecule has 0 spiro atoms. The molecule has 0 saturated carbocycles. The maximum atomic E-state index is 12.4. The quantitative estimate of drug-likeness (QED) is 0.485. The average molecular weight is 407 g/mol. The fourth-order valence-corrected chi connectivity index (χ4v) is 3.31. The summed E-state index contributed by atoms with van der Waals surface area (Å²) in [7, 11) is 0. The zero-order valence-electron chi connectivity index (χ0n) is 14.7. The first-order valence-electron chi connectivity index (χ1n) is 8.30. The number of hydrogen-bond acceptors (Lipinski definition) is 7. The molecule has 3 N–H and O–H groups in total. The Bertz CT molecular complexity index is 1010. The largest absolute Gasteiger partial charge is 0.456 e. The second kappa shape index (κ2) is 8.33. The van der Waals surface area contributed by atoms with Gasteiger partial charge in [-0.05, 0) is 24.3 Å². The van der Waals surface area contributed by atoms with Gasteiger partial charge in [-0.2, -0.15) is 18.4 Å². The van der Waals surface area contributed by atoms with E-state index in [2.05, 4.69) is 27.2 Å². The zero-order valence-corrected chi connectivity index (χ0v) is 15.5. The van der Waals surface area contributed by atoms with E-state index in [1.165, 1.54) is 23.5 Å². The van der Waals surface area contributed by atoms with E-state index in [9.17, 15) is 18.4 Å².